The Kier molecular flexibility index (Phi) is 7.22. The van der Waals surface area contributed by atoms with E-state index in [-0.39, 0.29) is 24.1 Å². The molecule has 3 rings (SSSR count). The highest BCUT2D eigenvalue weighted by atomic mass is 16.2. The Balaban J connectivity index is 1.58. The number of amides is 3. The van der Waals surface area contributed by atoms with Gasteiger partial charge in [0.15, 0.2) is 0 Å². The molecule has 0 radical (unpaired) electrons. The van der Waals surface area contributed by atoms with E-state index >= 15 is 0 Å². The number of carbonyl (C=O) groups is 3. The predicted molar refractivity (Wildman–Crippen MR) is 111 cm³/mol. The summed E-state index contributed by atoms with van der Waals surface area (Å²) in [7, 11) is 0. The lowest BCUT2D eigenvalue weighted by Crippen LogP contribution is -2.60. The molecule has 8 heteroatoms. The van der Waals surface area contributed by atoms with Crippen LogP contribution in [0.5, 0.6) is 0 Å². The number of hydrogen-bond acceptors (Lipinski definition) is 5. The van der Waals surface area contributed by atoms with Gasteiger partial charge >= 0.3 is 0 Å². The summed E-state index contributed by atoms with van der Waals surface area (Å²) >= 11 is 0. The molecule has 2 saturated heterocycles. The van der Waals surface area contributed by atoms with Crippen molar-refractivity contribution in [3.05, 3.63) is 29.8 Å². The fraction of sp³-hybridized carbons (Fsp3) is 0.571. The van der Waals surface area contributed by atoms with Crippen molar-refractivity contribution in [2.75, 3.05) is 57.7 Å². The molecule has 158 valence electrons. The minimum atomic E-state index is -0.766. The first-order valence-corrected chi connectivity index (χ1v) is 10.3. The molecule has 29 heavy (non-hydrogen) atoms. The number of aryl methyl sites for hydroxylation is 1. The van der Waals surface area contributed by atoms with Gasteiger partial charge in [-0.3, -0.25) is 19.3 Å². The van der Waals surface area contributed by atoms with Crippen LogP contribution >= 0.6 is 0 Å². The van der Waals surface area contributed by atoms with Crippen LogP contribution in [0.2, 0.25) is 0 Å². The van der Waals surface area contributed by atoms with E-state index in [1.807, 2.05) is 31.2 Å². The Morgan fingerprint density at radius 3 is 2.55 bits per heavy atom. The van der Waals surface area contributed by atoms with Gasteiger partial charge in [-0.25, -0.2) is 0 Å². The van der Waals surface area contributed by atoms with Crippen molar-refractivity contribution in [1.82, 2.24) is 20.0 Å². The van der Waals surface area contributed by atoms with Gasteiger partial charge in [0.05, 0.1) is 13.0 Å². The second-order valence-electron chi connectivity index (χ2n) is 7.73. The molecule has 3 amide bonds. The first-order valence-electron chi connectivity index (χ1n) is 10.3. The Morgan fingerprint density at radius 2 is 1.86 bits per heavy atom. The molecule has 0 aliphatic carbocycles. The third kappa shape index (κ3) is 5.77. The Hall–Kier alpha value is -2.45. The number of rotatable bonds is 6. The van der Waals surface area contributed by atoms with Crippen molar-refractivity contribution in [3.63, 3.8) is 0 Å². The van der Waals surface area contributed by atoms with Crippen molar-refractivity contribution < 1.29 is 14.4 Å². The number of nitrogens with one attached hydrogen (secondary N) is 2. The second-order valence-corrected chi connectivity index (χ2v) is 7.73. The summed E-state index contributed by atoms with van der Waals surface area (Å²) in [6.45, 7) is 9.85. The van der Waals surface area contributed by atoms with Gasteiger partial charge in [0.2, 0.25) is 17.7 Å². The molecule has 0 bridgehead atoms. The molecular formula is C21H31N5O3. The average Bonchev–Trinajstić information content (AvgIpc) is 2.70. The lowest BCUT2D eigenvalue weighted by molar-refractivity contribution is -0.145. The minimum absolute atomic E-state index is 0.0465. The van der Waals surface area contributed by atoms with Crippen LogP contribution in [0.15, 0.2) is 24.3 Å². The number of benzene rings is 1. The first-order chi connectivity index (χ1) is 14.0. The van der Waals surface area contributed by atoms with Gasteiger partial charge in [0.25, 0.3) is 0 Å². The Labute approximate surface area is 172 Å². The van der Waals surface area contributed by atoms with Gasteiger partial charge in [-0.1, -0.05) is 19.1 Å². The van der Waals surface area contributed by atoms with E-state index in [9.17, 15) is 14.4 Å². The summed E-state index contributed by atoms with van der Waals surface area (Å²) in [5, 5.41) is 5.61. The maximum Gasteiger partial charge on any atom is 0.243 e. The molecular weight excluding hydrogens is 370 g/mol. The molecule has 2 heterocycles. The highest BCUT2D eigenvalue weighted by molar-refractivity contribution is 5.97. The van der Waals surface area contributed by atoms with Crippen LogP contribution in [0.25, 0.3) is 0 Å². The second kappa shape index (κ2) is 9.84. The third-order valence-electron chi connectivity index (χ3n) is 5.60. The molecule has 2 aliphatic heterocycles. The molecule has 0 spiro atoms. The van der Waals surface area contributed by atoms with E-state index in [1.54, 1.807) is 4.90 Å². The maximum atomic E-state index is 12.9. The Bertz CT molecular complexity index is 746. The van der Waals surface area contributed by atoms with E-state index in [0.29, 0.717) is 25.3 Å². The monoisotopic (exact) mass is 401 g/mol. The van der Waals surface area contributed by atoms with Gasteiger partial charge < -0.3 is 20.4 Å². The lowest BCUT2D eigenvalue weighted by Gasteiger charge is -2.38. The van der Waals surface area contributed by atoms with E-state index in [2.05, 4.69) is 27.4 Å². The van der Waals surface area contributed by atoms with E-state index in [0.717, 1.165) is 38.3 Å². The first kappa shape index (κ1) is 21.3. The topological polar surface area (TPSA) is 85.0 Å². The van der Waals surface area contributed by atoms with Crippen LogP contribution in [-0.2, 0) is 14.4 Å². The predicted octanol–water partition coefficient (Wildman–Crippen LogP) is 0.288. The number of nitrogens with zero attached hydrogens (tertiary/aromatic N) is 3. The molecule has 2 aliphatic rings. The molecule has 1 aromatic rings. The van der Waals surface area contributed by atoms with Crippen LogP contribution in [-0.4, -0.2) is 90.8 Å². The van der Waals surface area contributed by atoms with E-state index in [1.165, 1.54) is 0 Å². The Morgan fingerprint density at radius 1 is 1.14 bits per heavy atom. The molecule has 0 aromatic heterocycles. The number of piperazine rings is 2. The van der Waals surface area contributed by atoms with Crippen LogP contribution < -0.4 is 10.6 Å². The smallest absolute Gasteiger partial charge is 0.243 e. The van der Waals surface area contributed by atoms with Crippen molar-refractivity contribution >= 4 is 23.4 Å². The standard InChI is InChI=1S/C21H31N5O3/c1-3-24-9-11-25(12-10-24)15-20(28)26-8-7-22-21(29)18(26)14-19(27)23-17-6-4-5-16(2)13-17/h4-6,13,18H,3,7-12,14-15H2,1-2H3,(H,22,29)(H,23,27)/t18-/m1/s1. The summed E-state index contributed by atoms with van der Waals surface area (Å²) in [6.07, 6.45) is -0.0465. The molecule has 2 fully saturated rings. The molecule has 2 N–H and O–H groups in total. The normalized spacial score (nSPS) is 21.0. The van der Waals surface area contributed by atoms with Gasteiger partial charge in [0.1, 0.15) is 6.04 Å². The largest absolute Gasteiger partial charge is 0.353 e. The van der Waals surface area contributed by atoms with Gasteiger partial charge in [-0.15, -0.1) is 0 Å². The van der Waals surface area contributed by atoms with Gasteiger partial charge in [0, 0.05) is 45.0 Å². The zero-order chi connectivity index (χ0) is 20.8. The molecule has 1 atom stereocenters. The van der Waals surface area contributed by atoms with E-state index < -0.39 is 6.04 Å². The van der Waals surface area contributed by atoms with Gasteiger partial charge in [-0.2, -0.15) is 0 Å². The van der Waals surface area contributed by atoms with Crippen molar-refractivity contribution in [3.8, 4) is 0 Å². The molecule has 8 nitrogen and oxygen atoms in total. The van der Waals surface area contributed by atoms with E-state index in [4.69, 9.17) is 0 Å². The maximum absolute atomic E-state index is 12.9. The van der Waals surface area contributed by atoms with Crippen LogP contribution in [0.1, 0.15) is 18.9 Å². The third-order valence-corrected chi connectivity index (χ3v) is 5.60. The number of carbonyl (C=O) groups excluding carboxylic acids is 3. The van der Waals surface area contributed by atoms with Crippen LogP contribution in [0, 0.1) is 6.92 Å². The van der Waals surface area contributed by atoms with Crippen LogP contribution in [0.3, 0.4) is 0 Å². The van der Waals surface area contributed by atoms with Crippen molar-refractivity contribution in [2.45, 2.75) is 26.3 Å². The number of likely N-dealkylation sites (N-methyl/N-ethyl adjacent to an activating group) is 1. The summed E-state index contributed by atoms with van der Waals surface area (Å²) in [4.78, 5) is 43.9. The zero-order valence-corrected chi connectivity index (χ0v) is 17.3. The fourth-order valence-electron chi connectivity index (χ4n) is 3.87. The summed E-state index contributed by atoms with van der Waals surface area (Å²) < 4.78 is 0. The average molecular weight is 402 g/mol. The zero-order valence-electron chi connectivity index (χ0n) is 17.3. The fourth-order valence-corrected chi connectivity index (χ4v) is 3.87. The lowest BCUT2D eigenvalue weighted by atomic mass is 10.1. The minimum Gasteiger partial charge on any atom is -0.353 e. The quantitative estimate of drug-likeness (QED) is 0.716. The highest BCUT2D eigenvalue weighted by Crippen LogP contribution is 2.14. The summed E-state index contributed by atoms with van der Waals surface area (Å²) in [5.74, 6) is -0.620. The number of anilines is 1. The highest BCUT2D eigenvalue weighted by Gasteiger charge is 2.35. The molecule has 0 unspecified atom stereocenters. The molecule has 1 aromatic carbocycles. The summed E-state index contributed by atoms with van der Waals surface area (Å²) in [5.41, 5.74) is 1.73. The van der Waals surface area contributed by atoms with Crippen molar-refractivity contribution in [1.29, 1.82) is 0 Å². The summed E-state index contributed by atoms with van der Waals surface area (Å²) in [6, 6.07) is 6.73. The SMILES string of the molecule is CCN1CCN(CC(=O)N2CCNC(=O)[C@H]2CC(=O)Nc2cccc(C)c2)CC1. The van der Waals surface area contributed by atoms with Crippen LogP contribution in [0.4, 0.5) is 5.69 Å². The number of hydrogen-bond donors (Lipinski definition) is 2. The molecule has 0 saturated carbocycles. The van der Waals surface area contributed by atoms with Gasteiger partial charge in [-0.05, 0) is 31.2 Å². The van der Waals surface area contributed by atoms with Crippen molar-refractivity contribution in [2.24, 2.45) is 0 Å².